The van der Waals surface area contributed by atoms with Crippen molar-refractivity contribution >= 4 is 39.7 Å². The maximum absolute atomic E-state index is 5.85. The van der Waals surface area contributed by atoms with Gasteiger partial charge in [0.05, 0.1) is 11.0 Å². The molecular weight excluding hydrogens is 428 g/mol. The maximum Gasteiger partial charge on any atom is 0.175 e. The van der Waals surface area contributed by atoms with Crippen LogP contribution >= 0.6 is 12.2 Å². The molecule has 1 aromatic heterocycles. The monoisotopic (exact) mass is 450 g/mol. The molecule has 0 radical (unpaired) electrons. The Bertz CT molecular complexity index is 1330. The number of hydrogen-bond donors (Lipinski definition) is 3. The Hall–Kier alpha value is -4.16. The Morgan fingerprint density at radius 2 is 1.33 bits per heavy atom. The van der Waals surface area contributed by atoms with E-state index < -0.39 is 0 Å². The van der Waals surface area contributed by atoms with Gasteiger partial charge in [0.1, 0.15) is 18.2 Å². The van der Waals surface area contributed by atoms with Crippen molar-refractivity contribution in [2.75, 3.05) is 10.6 Å². The van der Waals surface area contributed by atoms with Crippen molar-refractivity contribution in [1.29, 1.82) is 0 Å². The standard InChI is InChI=1S/C27H22N4OS/c33-27(28-21-12-10-20(11-13-21)19-6-2-1-3-7-19)29-22-14-16-23(17-15-22)32-18-26-30-24-8-4-5-9-25(24)31-26/h1-17H,18H2,(H,30,31)(H2,28,29,33). The number of benzene rings is 4. The first-order valence-electron chi connectivity index (χ1n) is 10.6. The average molecular weight is 451 g/mol. The lowest BCUT2D eigenvalue weighted by atomic mass is 10.1. The van der Waals surface area contributed by atoms with Gasteiger partial charge in [-0.3, -0.25) is 0 Å². The summed E-state index contributed by atoms with van der Waals surface area (Å²) >= 11 is 5.46. The molecule has 3 N–H and O–H groups in total. The summed E-state index contributed by atoms with van der Waals surface area (Å²) in [6.07, 6.45) is 0. The van der Waals surface area contributed by atoms with Gasteiger partial charge in [-0.05, 0) is 71.9 Å². The van der Waals surface area contributed by atoms with E-state index >= 15 is 0 Å². The number of anilines is 2. The fourth-order valence-corrected chi connectivity index (χ4v) is 3.77. The number of nitrogens with zero attached hydrogens (tertiary/aromatic N) is 1. The van der Waals surface area contributed by atoms with Crippen molar-refractivity contribution in [3.63, 3.8) is 0 Å². The Kier molecular flexibility index (Phi) is 5.99. The molecule has 162 valence electrons. The predicted molar refractivity (Wildman–Crippen MR) is 139 cm³/mol. The van der Waals surface area contributed by atoms with Crippen molar-refractivity contribution in [1.82, 2.24) is 9.97 Å². The molecular formula is C27H22N4OS. The number of nitrogens with one attached hydrogen (secondary N) is 3. The third-order valence-corrected chi connectivity index (χ3v) is 5.38. The maximum atomic E-state index is 5.85. The molecule has 0 unspecified atom stereocenters. The number of aromatic nitrogens is 2. The van der Waals surface area contributed by atoms with Crippen LogP contribution < -0.4 is 15.4 Å². The highest BCUT2D eigenvalue weighted by atomic mass is 32.1. The van der Waals surface area contributed by atoms with Gasteiger partial charge in [-0.1, -0.05) is 54.6 Å². The van der Waals surface area contributed by atoms with Gasteiger partial charge in [0.25, 0.3) is 0 Å². The molecule has 33 heavy (non-hydrogen) atoms. The molecule has 0 atom stereocenters. The molecule has 0 saturated heterocycles. The van der Waals surface area contributed by atoms with Crippen LogP contribution in [0.5, 0.6) is 5.75 Å². The molecule has 0 aliphatic heterocycles. The van der Waals surface area contributed by atoms with E-state index in [0.717, 1.165) is 34.0 Å². The molecule has 0 spiro atoms. The molecule has 0 bridgehead atoms. The zero-order valence-electron chi connectivity index (χ0n) is 17.8. The SMILES string of the molecule is S=C(Nc1ccc(OCc2nc3ccccc3[nH]2)cc1)Nc1ccc(-c2ccccc2)cc1. The summed E-state index contributed by atoms with van der Waals surface area (Å²) in [5.74, 6) is 1.55. The quantitative estimate of drug-likeness (QED) is 0.254. The van der Waals surface area contributed by atoms with Gasteiger partial charge in [-0.2, -0.15) is 0 Å². The number of ether oxygens (including phenoxy) is 1. The van der Waals surface area contributed by atoms with E-state index in [0.29, 0.717) is 11.7 Å². The van der Waals surface area contributed by atoms with Crippen LogP contribution in [0.2, 0.25) is 0 Å². The summed E-state index contributed by atoms with van der Waals surface area (Å²) in [7, 11) is 0. The van der Waals surface area contributed by atoms with E-state index in [-0.39, 0.29) is 0 Å². The van der Waals surface area contributed by atoms with Gasteiger partial charge in [0.2, 0.25) is 0 Å². The third kappa shape index (κ3) is 5.19. The highest BCUT2D eigenvalue weighted by Crippen LogP contribution is 2.22. The summed E-state index contributed by atoms with van der Waals surface area (Å²) < 4.78 is 5.85. The van der Waals surface area contributed by atoms with E-state index in [1.54, 1.807) is 0 Å². The lowest BCUT2D eigenvalue weighted by Gasteiger charge is -2.12. The molecule has 5 nitrogen and oxygen atoms in total. The molecule has 0 aliphatic carbocycles. The van der Waals surface area contributed by atoms with Crippen molar-refractivity contribution in [2.24, 2.45) is 0 Å². The minimum atomic E-state index is 0.375. The van der Waals surface area contributed by atoms with E-state index in [2.05, 4.69) is 44.9 Å². The lowest BCUT2D eigenvalue weighted by Crippen LogP contribution is -2.18. The summed E-state index contributed by atoms with van der Waals surface area (Å²) in [4.78, 5) is 7.79. The molecule has 5 aromatic rings. The molecule has 0 saturated carbocycles. The largest absolute Gasteiger partial charge is 0.486 e. The van der Waals surface area contributed by atoms with Crippen LogP contribution in [0.3, 0.4) is 0 Å². The summed E-state index contributed by atoms with van der Waals surface area (Å²) in [6, 6.07) is 34.1. The normalized spacial score (nSPS) is 10.7. The first-order valence-corrected chi connectivity index (χ1v) is 11.0. The Morgan fingerprint density at radius 1 is 0.727 bits per heavy atom. The second-order valence-electron chi connectivity index (χ2n) is 7.54. The molecule has 0 amide bonds. The molecule has 4 aromatic carbocycles. The van der Waals surface area contributed by atoms with E-state index in [4.69, 9.17) is 17.0 Å². The van der Waals surface area contributed by atoms with Gasteiger partial charge in [0, 0.05) is 11.4 Å². The van der Waals surface area contributed by atoms with Crippen LogP contribution in [0.15, 0.2) is 103 Å². The minimum Gasteiger partial charge on any atom is -0.486 e. The third-order valence-electron chi connectivity index (χ3n) is 5.18. The number of para-hydroxylation sites is 2. The lowest BCUT2D eigenvalue weighted by molar-refractivity contribution is 0.297. The van der Waals surface area contributed by atoms with Gasteiger partial charge < -0.3 is 20.4 Å². The van der Waals surface area contributed by atoms with Crippen molar-refractivity contribution in [3.8, 4) is 16.9 Å². The smallest absolute Gasteiger partial charge is 0.175 e. The second-order valence-corrected chi connectivity index (χ2v) is 7.94. The summed E-state index contributed by atoms with van der Waals surface area (Å²) in [5.41, 5.74) is 6.10. The Balaban J connectivity index is 1.14. The number of hydrogen-bond acceptors (Lipinski definition) is 3. The first kappa shape index (κ1) is 20.7. The number of rotatable bonds is 6. The highest BCUT2D eigenvalue weighted by Gasteiger charge is 2.04. The molecule has 1 heterocycles. The highest BCUT2D eigenvalue weighted by molar-refractivity contribution is 7.80. The van der Waals surface area contributed by atoms with Gasteiger partial charge in [-0.15, -0.1) is 0 Å². The summed E-state index contributed by atoms with van der Waals surface area (Å²) in [5, 5.41) is 6.95. The zero-order chi connectivity index (χ0) is 22.5. The van der Waals surface area contributed by atoms with Crippen molar-refractivity contribution < 1.29 is 4.74 Å². The summed E-state index contributed by atoms with van der Waals surface area (Å²) in [6.45, 7) is 0.375. The fraction of sp³-hybridized carbons (Fsp3) is 0.0370. The van der Waals surface area contributed by atoms with Crippen LogP contribution in [0.25, 0.3) is 22.2 Å². The van der Waals surface area contributed by atoms with Crippen molar-refractivity contribution in [3.05, 3.63) is 109 Å². The van der Waals surface area contributed by atoms with Crippen LogP contribution in [0.1, 0.15) is 5.82 Å². The van der Waals surface area contributed by atoms with Crippen LogP contribution in [0, 0.1) is 0 Å². The van der Waals surface area contributed by atoms with Gasteiger partial charge >= 0.3 is 0 Å². The minimum absolute atomic E-state index is 0.375. The molecule has 0 aliphatic rings. The topological polar surface area (TPSA) is 62.0 Å². The second kappa shape index (κ2) is 9.54. The predicted octanol–water partition coefficient (Wildman–Crippen LogP) is 6.62. The number of imidazole rings is 1. The number of fused-ring (bicyclic) bond motifs is 1. The number of H-pyrrole nitrogens is 1. The van der Waals surface area contributed by atoms with Crippen molar-refractivity contribution in [2.45, 2.75) is 6.61 Å². The number of thiocarbonyl (C=S) groups is 1. The van der Waals surface area contributed by atoms with Gasteiger partial charge in [-0.25, -0.2) is 4.98 Å². The van der Waals surface area contributed by atoms with Crippen LogP contribution in [-0.2, 0) is 6.61 Å². The van der Waals surface area contributed by atoms with Gasteiger partial charge in [0.15, 0.2) is 5.11 Å². The zero-order valence-corrected chi connectivity index (χ0v) is 18.6. The van der Waals surface area contributed by atoms with E-state index in [1.807, 2.05) is 78.9 Å². The van der Waals surface area contributed by atoms with E-state index in [1.165, 1.54) is 11.1 Å². The van der Waals surface area contributed by atoms with Crippen LogP contribution in [-0.4, -0.2) is 15.1 Å². The Morgan fingerprint density at radius 3 is 2.03 bits per heavy atom. The molecule has 5 rings (SSSR count). The number of aromatic amines is 1. The fourth-order valence-electron chi connectivity index (χ4n) is 3.53. The van der Waals surface area contributed by atoms with E-state index in [9.17, 15) is 0 Å². The van der Waals surface area contributed by atoms with Crippen LogP contribution in [0.4, 0.5) is 11.4 Å². The molecule has 0 fully saturated rings. The average Bonchev–Trinajstić information content (AvgIpc) is 3.28. The first-order chi connectivity index (χ1) is 16.2. The molecule has 6 heteroatoms. The Labute approximate surface area is 197 Å².